The van der Waals surface area contributed by atoms with Gasteiger partial charge >= 0.3 is 0 Å². The fourth-order valence-corrected chi connectivity index (χ4v) is 4.64. The van der Waals surface area contributed by atoms with Crippen LogP contribution in [0.1, 0.15) is 27.7 Å². The molecule has 0 spiro atoms. The summed E-state index contributed by atoms with van der Waals surface area (Å²) < 4.78 is 21.2. The number of hydrogen-bond donors (Lipinski definition) is 1. The summed E-state index contributed by atoms with van der Waals surface area (Å²) in [6.45, 7) is 0.436. The number of nitrogens with zero attached hydrogens (tertiary/aromatic N) is 4. The number of para-hydroxylation sites is 2. The molecular formula is C28H22FN5O2. The minimum Gasteiger partial charge on any atom is -0.496 e. The Balaban J connectivity index is 1.44. The molecule has 8 heteroatoms. The number of halogens is 1. The second-order valence-electron chi connectivity index (χ2n) is 8.55. The minimum atomic E-state index is -0.519. The predicted molar refractivity (Wildman–Crippen MR) is 136 cm³/mol. The lowest BCUT2D eigenvalue weighted by Crippen LogP contribution is -2.43. The number of aromatic nitrogens is 3. The summed E-state index contributed by atoms with van der Waals surface area (Å²) in [5.41, 5.74) is 5.35. The zero-order chi connectivity index (χ0) is 24.6. The summed E-state index contributed by atoms with van der Waals surface area (Å²) in [5, 5.41) is 12.1. The Morgan fingerprint density at radius 2 is 1.75 bits per heavy atom. The number of benzene rings is 4. The van der Waals surface area contributed by atoms with Crippen LogP contribution in [0, 0.1) is 5.82 Å². The van der Waals surface area contributed by atoms with Gasteiger partial charge in [-0.05, 0) is 66.2 Å². The first-order valence-electron chi connectivity index (χ1n) is 11.5. The fourth-order valence-electron chi connectivity index (χ4n) is 4.64. The lowest BCUT2D eigenvalue weighted by Gasteiger charge is -2.38. The van der Waals surface area contributed by atoms with E-state index in [1.54, 1.807) is 30.2 Å². The highest BCUT2D eigenvalue weighted by molar-refractivity contribution is 6.12. The lowest BCUT2D eigenvalue weighted by atomic mass is 10.0. The first-order chi connectivity index (χ1) is 17.6. The second-order valence-corrected chi connectivity index (χ2v) is 8.55. The van der Waals surface area contributed by atoms with Gasteiger partial charge in [-0.2, -0.15) is 0 Å². The molecule has 2 heterocycles. The summed E-state index contributed by atoms with van der Waals surface area (Å²) in [6.07, 6.45) is -0.519. The first kappa shape index (κ1) is 21.8. The van der Waals surface area contributed by atoms with Crippen molar-refractivity contribution in [1.29, 1.82) is 0 Å². The molecule has 1 N–H and O–H groups in total. The number of anilines is 2. The van der Waals surface area contributed by atoms with Crippen LogP contribution in [-0.4, -0.2) is 28.0 Å². The van der Waals surface area contributed by atoms with E-state index in [4.69, 9.17) is 4.74 Å². The summed E-state index contributed by atoms with van der Waals surface area (Å²) in [5.74, 6) is 0.176. The number of methoxy groups -OCH3 is 1. The van der Waals surface area contributed by atoms with Gasteiger partial charge in [0.05, 0.1) is 24.7 Å². The van der Waals surface area contributed by atoms with Crippen LogP contribution in [0.2, 0.25) is 0 Å². The SMILES string of the molecule is COc1ccc([C@H]2Nc3ccccc3C(=O)N2c2ccc(F)cc2)cc1Cn1nnc2ccccc21. The molecule has 0 saturated carbocycles. The molecule has 0 fully saturated rings. The van der Waals surface area contributed by atoms with Crippen molar-refractivity contribution >= 4 is 28.3 Å². The molecule has 1 aromatic heterocycles. The van der Waals surface area contributed by atoms with Gasteiger partial charge in [0.1, 0.15) is 23.2 Å². The Morgan fingerprint density at radius 3 is 2.58 bits per heavy atom. The van der Waals surface area contributed by atoms with E-state index in [-0.39, 0.29) is 11.7 Å². The molecule has 0 bridgehead atoms. The van der Waals surface area contributed by atoms with Crippen LogP contribution < -0.4 is 15.0 Å². The fraction of sp³-hybridized carbons (Fsp3) is 0.107. The number of fused-ring (bicyclic) bond motifs is 2. The molecule has 5 aromatic rings. The zero-order valence-electron chi connectivity index (χ0n) is 19.4. The Morgan fingerprint density at radius 1 is 0.972 bits per heavy atom. The topological polar surface area (TPSA) is 72.3 Å². The number of carbonyl (C=O) groups excluding carboxylic acids is 1. The minimum absolute atomic E-state index is 0.166. The smallest absolute Gasteiger partial charge is 0.262 e. The van der Waals surface area contributed by atoms with E-state index >= 15 is 0 Å². The van der Waals surface area contributed by atoms with Gasteiger partial charge in [-0.3, -0.25) is 9.69 Å². The Bertz CT molecular complexity index is 1580. The van der Waals surface area contributed by atoms with Crippen molar-refractivity contribution < 1.29 is 13.9 Å². The standard InChI is InChI=1S/C28H22FN5O2/c1-36-26-15-10-18(16-19(26)17-33-25-9-5-4-8-24(25)31-32-33)27-30-23-7-3-2-6-22(23)28(35)34(27)21-13-11-20(29)12-14-21/h2-16,27,30H,17H2,1H3/t27-/m0/s1. The zero-order valence-corrected chi connectivity index (χ0v) is 19.4. The van der Waals surface area contributed by atoms with E-state index in [0.717, 1.165) is 27.8 Å². The van der Waals surface area contributed by atoms with Crippen molar-refractivity contribution in [2.75, 3.05) is 17.3 Å². The Hall–Kier alpha value is -4.72. The third kappa shape index (κ3) is 3.73. The number of nitrogens with one attached hydrogen (secondary N) is 1. The monoisotopic (exact) mass is 479 g/mol. The van der Waals surface area contributed by atoms with Gasteiger partial charge in [0.2, 0.25) is 0 Å². The molecule has 0 saturated heterocycles. The number of ether oxygens (including phenoxy) is 1. The molecule has 36 heavy (non-hydrogen) atoms. The van der Waals surface area contributed by atoms with Gasteiger partial charge in [0, 0.05) is 16.9 Å². The maximum absolute atomic E-state index is 13.7. The van der Waals surface area contributed by atoms with Crippen LogP contribution in [0.25, 0.3) is 11.0 Å². The summed E-state index contributed by atoms with van der Waals surface area (Å²) in [6, 6.07) is 26.9. The average Bonchev–Trinajstić information content (AvgIpc) is 3.32. The number of amides is 1. The van der Waals surface area contributed by atoms with Gasteiger partial charge in [-0.25, -0.2) is 9.07 Å². The van der Waals surface area contributed by atoms with E-state index in [0.29, 0.717) is 23.5 Å². The van der Waals surface area contributed by atoms with Gasteiger partial charge in [-0.15, -0.1) is 5.10 Å². The number of carbonyl (C=O) groups is 1. The van der Waals surface area contributed by atoms with E-state index in [1.165, 1.54) is 12.1 Å². The molecule has 0 aliphatic carbocycles. The van der Waals surface area contributed by atoms with Crippen LogP contribution in [-0.2, 0) is 6.54 Å². The highest BCUT2D eigenvalue weighted by Gasteiger charge is 2.34. The molecule has 0 radical (unpaired) electrons. The predicted octanol–water partition coefficient (Wildman–Crippen LogP) is 5.40. The Kier molecular flexibility index (Phi) is 5.33. The van der Waals surface area contributed by atoms with Crippen molar-refractivity contribution in [3.05, 3.63) is 114 Å². The molecular weight excluding hydrogens is 457 g/mol. The highest BCUT2D eigenvalue weighted by atomic mass is 19.1. The molecule has 7 nitrogen and oxygen atoms in total. The van der Waals surface area contributed by atoms with Crippen LogP contribution in [0.5, 0.6) is 5.75 Å². The van der Waals surface area contributed by atoms with Crippen LogP contribution in [0.15, 0.2) is 91.0 Å². The molecule has 1 aliphatic heterocycles. The average molecular weight is 480 g/mol. The first-order valence-corrected chi connectivity index (χ1v) is 11.5. The van der Waals surface area contributed by atoms with Crippen molar-refractivity contribution in [3.8, 4) is 5.75 Å². The quantitative estimate of drug-likeness (QED) is 0.366. The van der Waals surface area contributed by atoms with Gasteiger partial charge < -0.3 is 10.1 Å². The van der Waals surface area contributed by atoms with Crippen LogP contribution in [0.3, 0.4) is 0 Å². The van der Waals surface area contributed by atoms with Crippen LogP contribution >= 0.6 is 0 Å². The summed E-state index contributed by atoms with van der Waals surface area (Å²) in [7, 11) is 1.63. The molecule has 4 aromatic carbocycles. The largest absolute Gasteiger partial charge is 0.496 e. The van der Waals surface area contributed by atoms with E-state index in [2.05, 4.69) is 15.6 Å². The van der Waals surface area contributed by atoms with E-state index in [9.17, 15) is 9.18 Å². The number of hydrogen-bond acceptors (Lipinski definition) is 5. The van der Waals surface area contributed by atoms with Gasteiger partial charge in [0.15, 0.2) is 0 Å². The molecule has 1 amide bonds. The summed E-state index contributed by atoms with van der Waals surface area (Å²) >= 11 is 0. The molecule has 6 rings (SSSR count). The van der Waals surface area contributed by atoms with Crippen molar-refractivity contribution in [2.24, 2.45) is 0 Å². The second kappa shape index (κ2) is 8.81. The van der Waals surface area contributed by atoms with E-state index < -0.39 is 6.17 Å². The van der Waals surface area contributed by atoms with Crippen molar-refractivity contribution in [3.63, 3.8) is 0 Å². The van der Waals surface area contributed by atoms with Crippen LogP contribution in [0.4, 0.5) is 15.8 Å². The lowest BCUT2D eigenvalue weighted by molar-refractivity contribution is 0.0975. The maximum atomic E-state index is 13.7. The third-order valence-electron chi connectivity index (χ3n) is 6.39. The molecule has 178 valence electrons. The maximum Gasteiger partial charge on any atom is 0.262 e. The normalized spacial score (nSPS) is 15.0. The summed E-state index contributed by atoms with van der Waals surface area (Å²) in [4.78, 5) is 15.3. The molecule has 0 unspecified atom stereocenters. The van der Waals surface area contributed by atoms with Crippen molar-refractivity contribution in [2.45, 2.75) is 12.7 Å². The molecule has 1 aliphatic rings. The molecule has 1 atom stereocenters. The van der Waals surface area contributed by atoms with E-state index in [1.807, 2.05) is 65.3 Å². The van der Waals surface area contributed by atoms with Gasteiger partial charge in [-0.1, -0.05) is 35.5 Å². The third-order valence-corrected chi connectivity index (χ3v) is 6.39. The van der Waals surface area contributed by atoms with Gasteiger partial charge in [0.25, 0.3) is 5.91 Å². The van der Waals surface area contributed by atoms with Crippen molar-refractivity contribution in [1.82, 2.24) is 15.0 Å². The highest BCUT2D eigenvalue weighted by Crippen LogP contribution is 2.38. The number of rotatable bonds is 5. The Labute approximate surface area is 206 Å².